The topological polar surface area (TPSA) is 81.1 Å². The highest BCUT2D eigenvalue weighted by atomic mass is 15.5. The van der Waals surface area contributed by atoms with E-state index in [4.69, 9.17) is 5.84 Å². The van der Waals surface area contributed by atoms with Gasteiger partial charge in [0.15, 0.2) is 0 Å². The quantitative estimate of drug-likeness (QED) is 0.421. The van der Waals surface area contributed by atoms with Crippen LogP contribution in [-0.2, 0) is 0 Å². The van der Waals surface area contributed by atoms with Gasteiger partial charge in [-0.3, -0.25) is 0 Å². The number of aromatic nitrogens is 3. The third-order valence-electron chi connectivity index (χ3n) is 2.76. The molecule has 19 heavy (non-hydrogen) atoms. The Bertz CT molecular complexity index is 725. The van der Waals surface area contributed by atoms with Gasteiger partial charge < -0.3 is 5.84 Å². The molecule has 0 unspecified atom stereocenters. The molecule has 3 rings (SSSR count). The molecule has 3 N–H and O–H groups in total. The Kier molecular flexibility index (Phi) is 2.82. The molecule has 6 heteroatoms. The average molecular weight is 252 g/mol. The van der Waals surface area contributed by atoms with E-state index in [0.29, 0.717) is 5.95 Å². The minimum Gasteiger partial charge on any atom is -0.335 e. The number of nitrogens with zero attached hydrogens (tertiary/aromatic N) is 4. The molecule has 0 spiro atoms. The normalized spacial score (nSPS) is 11.2. The second kappa shape index (κ2) is 4.77. The van der Waals surface area contributed by atoms with Crippen molar-refractivity contribution >= 4 is 22.9 Å². The highest BCUT2D eigenvalue weighted by molar-refractivity contribution is 5.99. The molecule has 2 aromatic carbocycles. The molecule has 0 atom stereocenters. The largest absolute Gasteiger partial charge is 0.335 e. The van der Waals surface area contributed by atoms with Gasteiger partial charge in [0.1, 0.15) is 6.33 Å². The highest BCUT2D eigenvalue weighted by Gasteiger charge is 1.99. The number of rotatable bonds is 3. The first-order valence-electron chi connectivity index (χ1n) is 5.76. The van der Waals surface area contributed by atoms with E-state index in [1.807, 2.05) is 24.3 Å². The lowest BCUT2D eigenvalue weighted by Crippen LogP contribution is -2.10. The van der Waals surface area contributed by atoms with Crippen LogP contribution in [0.25, 0.3) is 10.8 Å². The van der Waals surface area contributed by atoms with Gasteiger partial charge >= 0.3 is 0 Å². The van der Waals surface area contributed by atoms with Gasteiger partial charge in [0.05, 0.1) is 6.21 Å². The standard InChI is InChI=1S/C13H12N6/c14-19-9-16-18-13(19)17-15-8-11-6-3-5-10-4-1-2-7-12(10)11/h1-9H,14H2,(H,17,18). The van der Waals surface area contributed by atoms with Crippen molar-refractivity contribution in [2.24, 2.45) is 5.10 Å². The minimum atomic E-state index is 0.386. The number of hydrazone groups is 1. The van der Waals surface area contributed by atoms with Crippen molar-refractivity contribution in [3.63, 3.8) is 0 Å². The molecule has 1 aromatic heterocycles. The van der Waals surface area contributed by atoms with Crippen molar-refractivity contribution in [2.45, 2.75) is 0 Å². The molecule has 0 aliphatic heterocycles. The number of hydrogen-bond donors (Lipinski definition) is 2. The summed E-state index contributed by atoms with van der Waals surface area (Å²) in [6, 6.07) is 14.2. The van der Waals surface area contributed by atoms with Crippen LogP contribution in [0.3, 0.4) is 0 Å². The molecule has 0 saturated heterocycles. The Hall–Kier alpha value is -2.89. The Morgan fingerprint density at radius 3 is 2.84 bits per heavy atom. The summed E-state index contributed by atoms with van der Waals surface area (Å²) in [6.07, 6.45) is 3.13. The zero-order chi connectivity index (χ0) is 13.1. The average Bonchev–Trinajstić information content (AvgIpc) is 2.85. The van der Waals surface area contributed by atoms with Crippen LogP contribution < -0.4 is 11.3 Å². The van der Waals surface area contributed by atoms with Gasteiger partial charge in [-0.1, -0.05) is 42.5 Å². The summed E-state index contributed by atoms with van der Waals surface area (Å²) in [6.45, 7) is 0. The van der Waals surface area contributed by atoms with Crippen LogP contribution in [0.4, 0.5) is 5.95 Å². The van der Waals surface area contributed by atoms with E-state index in [-0.39, 0.29) is 0 Å². The van der Waals surface area contributed by atoms with E-state index in [9.17, 15) is 0 Å². The fraction of sp³-hybridized carbons (Fsp3) is 0. The molecule has 0 radical (unpaired) electrons. The van der Waals surface area contributed by atoms with Gasteiger partial charge in [0, 0.05) is 5.56 Å². The van der Waals surface area contributed by atoms with Crippen LogP contribution in [0.2, 0.25) is 0 Å². The summed E-state index contributed by atoms with van der Waals surface area (Å²) in [7, 11) is 0. The molecular formula is C13H12N6. The van der Waals surface area contributed by atoms with Gasteiger partial charge in [-0.05, 0) is 10.8 Å². The number of nitrogens with one attached hydrogen (secondary N) is 1. The van der Waals surface area contributed by atoms with Gasteiger partial charge in [0.2, 0.25) is 0 Å². The van der Waals surface area contributed by atoms with Crippen molar-refractivity contribution in [1.29, 1.82) is 0 Å². The first kappa shape index (κ1) is 11.2. The Morgan fingerprint density at radius 1 is 1.16 bits per heavy atom. The smallest absolute Gasteiger partial charge is 0.263 e. The third kappa shape index (κ3) is 2.23. The summed E-state index contributed by atoms with van der Waals surface area (Å²) in [5.74, 6) is 5.95. The highest BCUT2D eigenvalue weighted by Crippen LogP contribution is 2.16. The number of hydrogen-bond acceptors (Lipinski definition) is 5. The molecule has 0 amide bonds. The van der Waals surface area contributed by atoms with Gasteiger partial charge in [-0.25, -0.2) is 10.1 Å². The predicted octanol–water partition coefficient (Wildman–Crippen LogP) is 1.59. The van der Waals surface area contributed by atoms with Crippen molar-refractivity contribution in [3.05, 3.63) is 54.4 Å². The third-order valence-corrected chi connectivity index (χ3v) is 2.76. The second-order valence-electron chi connectivity index (χ2n) is 4.00. The van der Waals surface area contributed by atoms with Crippen LogP contribution in [0.1, 0.15) is 5.56 Å². The van der Waals surface area contributed by atoms with E-state index >= 15 is 0 Å². The Labute approximate surface area is 109 Å². The van der Waals surface area contributed by atoms with Gasteiger partial charge in [-0.15, -0.1) is 10.2 Å². The summed E-state index contributed by atoms with van der Waals surface area (Å²) in [4.78, 5) is 0. The molecule has 3 aromatic rings. The molecule has 0 aliphatic rings. The number of nitrogen functional groups attached to an aromatic ring is 1. The van der Waals surface area contributed by atoms with Crippen LogP contribution >= 0.6 is 0 Å². The zero-order valence-electron chi connectivity index (χ0n) is 10.1. The van der Waals surface area contributed by atoms with E-state index < -0.39 is 0 Å². The summed E-state index contributed by atoms with van der Waals surface area (Å²) in [5.41, 5.74) is 3.76. The monoisotopic (exact) mass is 252 g/mol. The Morgan fingerprint density at radius 2 is 2.00 bits per heavy atom. The van der Waals surface area contributed by atoms with Crippen LogP contribution in [-0.4, -0.2) is 21.1 Å². The fourth-order valence-electron chi connectivity index (χ4n) is 1.85. The zero-order valence-corrected chi connectivity index (χ0v) is 10.1. The van der Waals surface area contributed by atoms with Crippen molar-refractivity contribution in [2.75, 3.05) is 11.3 Å². The molecular weight excluding hydrogens is 240 g/mol. The lowest BCUT2D eigenvalue weighted by atomic mass is 10.1. The number of fused-ring (bicyclic) bond motifs is 1. The second-order valence-corrected chi connectivity index (χ2v) is 4.00. The molecule has 1 heterocycles. The summed E-state index contributed by atoms with van der Waals surface area (Å²) in [5, 5.41) is 13.9. The summed E-state index contributed by atoms with van der Waals surface area (Å²) < 4.78 is 1.26. The van der Waals surface area contributed by atoms with E-state index in [1.54, 1.807) is 6.21 Å². The van der Waals surface area contributed by atoms with Crippen molar-refractivity contribution < 1.29 is 0 Å². The van der Waals surface area contributed by atoms with E-state index in [2.05, 4.69) is 38.9 Å². The SMILES string of the molecule is Nn1cnnc1NN=Cc1cccc2ccccc12. The first-order chi connectivity index (χ1) is 9.34. The maximum absolute atomic E-state index is 5.57. The van der Waals surface area contributed by atoms with Crippen molar-refractivity contribution in [1.82, 2.24) is 14.9 Å². The predicted molar refractivity (Wildman–Crippen MR) is 75.3 cm³/mol. The van der Waals surface area contributed by atoms with Crippen LogP contribution in [0.15, 0.2) is 53.9 Å². The number of anilines is 1. The van der Waals surface area contributed by atoms with Crippen molar-refractivity contribution in [3.8, 4) is 0 Å². The first-order valence-corrected chi connectivity index (χ1v) is 5.76. The summed E-state index contributed by atoms with van der Waals surface area (Å²) >= 11 is 0. The minimum absolute atomic E-state index is 0.386. The van der Waals surface area contributed by atoms with E-state index in [1.165, 1.54) is 16.4 Å². The molecule has 0 fully saturated rings. The molecule has 94 valence electrons. The van der Waals surface area contributed by atoms with Gasteiger partial charge in [-0.2, -0.15) is 5.10 Å². The Balaban J connectivity index is 1.87. The molecule has 6 nitrogen and oxygen atoms in total. The number of benzene rings is 2. The van der Waals surface area contributed by atoms with Crippen LogP contribution in [0, 0.1) is 0 Å². The van der Waals surface area contributed by atoms with Crippen LogP contribution in [0.5, 0.6) is 0 Å². The molecule has 0 bridgehead atoms. The molecule has 0 aliphatic carbocycles. The lowest BCUT2D eigenvalue weighted by molar-refractivity contribution is 0.988. The molecule has 0 saturated carbocycles. The maximum Gasteiger partial charge on any atom is 0.263 e. The van der Waals surface area contributed by atoms with E-state index in [0.717, 1.165) is 10.9 Å². The number of nitrogens with two attached hydrogens (primary N) is 1. The lowest BCUT2D eigenvalue weighted by Gasteiger charge is -2.01. The fourth-order valence-corrected chi connectivity index (χ4v) is 1.85. The van der Waals surface area contributed by atoms with Gasteiger partial charge in [0.25, 0.3) is 5.95 Å². The maximum atomic E-state index is 5.57.